The lowest BCUT2D eigenvalue weighted by atomic mass is 10.1. The van der Waals surface area contributed by atoms with Crippen molar-refractivity contribution >= 4 is 23.6 Å². The second kappa shape index (κ2) is 6.92. The molecule has 3 rings (SSSR count). The third kappa shape index (κ3) is 3.26. The number of ether oxygens (including phenoxy) is 1. The van der Waals surface area contributed by atoms with E-state index < -0.39 is 11.8 Å². The van der Waals surface area contributed by atoms with Crippen LogP contribution in [-0.2, 0) is 9.59 Å². The number of carbonyl (C=O) groups is 2. The van der Waals surface area contributed by atoms with E-state index in [1.165, 1.54) is 17.2 Å². The van der Waals surface area contributed by atoms with Crippen molar-refractivity contribution in [1.29, 1.82) is 0 Å². The first-order valence-corrected chi connectivity index (χ1v) is 8.31. The number of phenolic OH excluding ortho intramolecular Hbond substituents is 1. The van der Waals surface area contributed by atoms with E-state index in [9.17, 15) is 14.7 Å². The quantitative estimate of drug-likeness (QED) is 0.655. The Morgan fingerprint density at radius 3 is 2.58 bits per heavy atom. The Bertz CT molecular complexity index is 918. The van der Waals surface area contributed by atoms with Crippen LogP contribution in [0.2, 0.25) is 0 Å². The van der Waals surface area contributed by atoms with Gasteiger partial charge in [-0.15, -0.1) is 0 Å². The number of carbonyl (C=O) groups excluding carboxylic acids is 2. The Morgan fingerprint density at radius 2 is 1.88 bits per heavy atom. The molecule has 0 unspecified atom stereocenters. The first kappa shape index (κ1) is 17.5. The smallest absolute Gasteiger partial charge is 0.282 e. The summed E-state index contributed by atoms with van der Waals surface area (Å²) < 4.78 is 5.34. The maximum atomic E-state index is 12.7. The van der Waals surface area contributed by atoms with Gasteiger partial charge in [-0.3, -0.25) is 15.0 Å². The Hall–Kier alpha value is -3.28. The third-order valence-corrected chi connectivity index (χ3v) is 4.23. The van der Waals surface area contributed by atoms with E-state index in [2.05, 4.69) is 5.43 Å². The Labute approximate surface area is 151 Å². The van der Waals surface area contributed by atoms with Crippen LogP contribution in [0.3, 0.4) is 0 Å². The number of hydrogen-bond donors (Lipinski definition) is 2. The Morgan fingerprint density at radius 1 is 1.12 bits per heavy atom. The summed E-state index contributed by atoms with van der Waals surface area (Å²) >= 11 is 0. The molecule has 1 aliphatic rings. The van der Waals surface area contributed by atoms with E-state index in [0.29, 0.717) is 23.6 Å². The molecule has 2 amide bonds. The molecular weight excluding hydrogens is 332 g/mol. The number of rotatable bonds is 4. The topological polar surface area (TPSA) is 78.9 Å². The van der Waals surface area contributed by atoms with Crippen molar-refractivity contribution in [2.75, 3.05) is 11.6 Å². The molecule has 2 N–H and O–H groups in total. The van der Waals surface area contributed by atoms with Crippen LogP contribution in [0, 0.1) is 13.8 Å². The van der Waals surface area contributed by atoms with Gasteiger partial charge in [-0.05, 0) is 67.8 Å². The summed E-state index contributed by atoms with van der Waals surface area (Å²) in [6.07, 6.45) is 1.49. The maximum Gasteiger partial charge on any atom is 0.282 e. The summed E-state index contributed by atoms with van der Waals surface area (Å²) in [6.45, 7) is 6.13. The fraction of sp³-hybridized carbons (Fsp3) is 0.200. The highest BCUT2D eigenvalue weighted by atomic mass is 16.5. The second-order valence-corrected chi connectivity index (χ2v) is 6.07. The predicted octanol–water partition coefficient (Wildman–Crippen LogP) is 2.87. The van der Waals surface area contributed by atoms with Gasteiger partial charge in [0.25, 0.3) is 11.8 Å². The monoisotopic (exact) mass is 352 g/mol. The van der Waals surface area contributed by atoms with Gasteiger partial charge in [0.1, 0.15) is 5.57 Å². The van der Waals surface area contributed by atoms with Crippen molar-refractivity contribution in [3.63, 3.8) is 0 Å². The number of phenols is 1. The van der Waals surface area contributed by atoms with Gasteiger partial charge >= 0.3 is 0 Å². The zero-order valence-electron chi connectivity index (χ0n) is 14.9. The normalized spacial score (nSPS) is 15.5. The highest BCUT2D eigenvalue weighted by Gasteiger charge is 2.34. The van der Waals surface area contributed by atoms with Crippen LogP contribution < -0.4 is 15.2 Å². The molecule has 1 heterocycles. The van der Waals surface area contributed by atoms with Crippen LogP contribution in [0.15, 0.2) is 42.0 Å². The average Bonchev–Trinajstić information content (AvgIpc) is 2.88. The molecule has 2 aromatic rings. The third-order valence-electron chi connectivity index (χ3n) is 4.23. The molecule has 0 atom stereocenters. The first-order valence-electron chi connectivity index (χ1n) is 8.31. The lowest BCUT2D eigenvalue weighted by Crippen LogP contribution is -2.35. The van der Waals surface area contributed by atoms with Crippen LogP contribution in [-0.4, -0.2) is 23.5 Å². The van der Waals surface area contributed by atoms with Gasteiger partial charge in [0.2, 0.25) is 0 Å². The van der Waals surface area contributed by atoms with Gasteiger partial charge in [0.05, 0.1) is 12.3 Å². The van der Waals surface area contributed by atoms with E-state index in [0.717, 1.165) is 11.1 Å². The van der Waals surface area contributed by atoms with E-state index in [1.54, 1.807) is 25.1 Å². The summed E-state index contributed by atoms with van der Waals surface area (Å²) in [4.78, 5) is 25.0. The van der Waals surface area contributed by atoms with Crippen LogP contribution in [0.4, 0.5) is 5.69 Å². The van der Waals surface area contributed by atoms with Gasteiger partial charge in [-0.25, -0.2) is 5.01 Å². The van der Waals surface area contributed by atoms with Crippen LogP contribution in [0.1, 0.15) is 23.6 Å². The summed E-state index contributed by atoms with van der Waals surface area (Å²) in [5.74, 6) is -0.588. The van der Waals surface area contributed by atoms with Gasteiger partial charge in [-0.1, -0.05) is 12.1 Å². The zero-order valence-corrected chi connectivity index (χ0v) is 14.9. The highest BCUT2D eigenvalue weighted by molar-refractivity contribution is 6.31. The van der Waals surface area contributed by atoms with Gasteiger partial charge in [-0.2, -0.15) is 0 Å². The lowest BCUT2D eigenvalue weighted by Gasteiger charge is -2.16. The van der Waals surface area contributed by atoms with Crippen LogP contribution in [0.25, 0.3) is 6.08 Å². The van der Waals surface area contributed by atoms with Crippen molar-refractivity contribution in [3.05, 3.63) is 58.7 Å². The fourth-order valence-electron chi connectivity index (χ4n) is 2.66. The standard InChI is InChI=1S/C20H20N2O4/c1-4-26-18-11-14(6-8-17(18)23)10-16-19(24)21-22(20(16)25)15-7-5-12(2)13(3)9-15/h5-11,23H,4H2,1-3H3,(H,21,24)/b16-10-. The van der Waals surface area contributed by atoms with E-state index in [-0.39, 0.29) is 11.3 Å². The number of anilines is 1. The van der Waals surface area contributed by atoms with Crippen LogP contribution >= 0.6 is 0 Å². The Balaban J connectivity index is 1.92. The number of hydrazine groups is 1. The highest BCUT2D eigenvalue weighted by Crippen LogP contribution is 2.29. The summed E-state index contributed by atoms with van der Waals surface area (Å²) in [5.41, 5.74) is 5.94. The zero-order chi connectivity index (χ0) is 18.8. The number of nitrogens with one attached hydrogen (secondary N) is 1. The van der Waals surface area contributed by atoms with Crippen LogP contribution in [0.5, 0.6) is 11.5 Å². The van der Waals surface area contributed by atoms with Crippen molar-refractivity contribution in [1.82, 2.24) is 5.43 Å². The van der Waals surface area contributed by atoms with Crippen molar-refractivity contribution in [3.8, 4) is 11.5 Å². The molecule has 6 heteroatoms. The molecule has 1 saturated heterocycles. The molecule has 0 saturated carbocycles. The molecule has 134 valence electrons. The molecule has 2 aromatic carbocycles. The predicted molar refractivity (Wildman–Crippen MR) is 98.8 cm³/mol. The molecule has 26 heavy (non-hydrogen) atoms. The number of aromatic hydroxyl groups is 1. The summed E-state index contributed by atoms with van der Waals surface area (Å²) in [6, 6.07) is 10.2. The minimum atomic E-state index is -0.473. The number of nitrogens with zero attached hydrogens (tertiary/aromatic N) is 1. The van der Waals surface area contributed by atoms with E-state index in [4.69, 9.17) is 4.74 Å². The maximum absolute atomic E-state index is 12.7. The fourth-order valence-corrected chi connectivity index (χ4v) is 2.66. The minimum Gasteiger partial charge on any atom is -0.504 e. The molecular formula is C20H20N2O4. The largest absolute Gasteiger partial charge is 0.504 e. The van der Waals surface area contributed by atoms with Crippen molar-refractivity contribution < 1.29 is 19.4 Å². The lowest BCUT2D eigenvalue weighted by molar-refractivity contribution is -0.117. The molecule has 1 fully saturated rings. The van der Waals surface area contributed by atoms with Crippen molar-refractivity contribution in [2.24, 2.45) is 0 Å². The molecule has 0 aliphatic carbocycles. The number of hydrogen-bond acceptors (Lipinski definition) is 4. The number of aryl methyl sites for hydroxylation is 2. The average molecular weight is 352 g/mol. The SMILES string of the molecule is CCOc1cc(/C=C2/C(=O)NN(c3ccc(C)c(C)c3)C2=O)ccc1O. The van der Waals surface area contributed by atoms with E-state index in [1.807, 2.05) is 26.0 Å². The summed E-state index contributed by atoms with van der Waals surface area (Å²) in [7, 11) is 0. The first-order chi connectivity index (χ1) is 12.4. The second-order valence-electron chi connectivity index (χ2n) is 6.07. The Kier molecular flexibility index (Phi) is 4.67. The molecule has 0 spiro atoms. The number of amides is 2. The van der Waals surface area contributed by atoms with Crippen molar-refractivity contribution in [2.45, 2.75) is 20.8 Å². The van der Waals surface area contributed by atoms with E-state index >= 15 is 0 Å². The molecule has 6 nitrogen and oxygen atoms in total. The molecule has 0 bridgehead atoms. The van der Waals surface area contributed by atoms with Gasteiger partial charge in [0.15, 0.2) is 11.5 Å². The molecule has 1 aliphatic heterocycles. The van der Waals surface area contributed by atoms with Gasteiger partial charge < -0.3 is 9.84 Å². The molecule has 0 radical (unpaired) electrons. The summed E-state index contributed by atoms with van der Waals surface area (Å²) in [5, 5.41) is 11.0. The minimum absolute atomic E-state index is 0.00737. The van der Waals surface area contributed by atoms with Gasteiger partial charge in [0, 0.05) is 0 Å². The number of benzene rings is 2. The molecule has 0 aromatic heterocycles.